The molecular weight excluding hydrogens is 357 g/mol. The second-order valence-corrected chi connectivity index (χ2v) is 6.43. The first kappa shape index (κ1) is 17.3. The maximum absolute atomic E-state index is 9.85. The maximum atomic E-state index is 9.85. The Balaban J connectivity index is 3.16. The number of benzene rings is 1. The fraction of sp³-hybridized carbons (Fsp3) is 0.200. The highest BCUT2D eigenvalue weighted by Gasteiger charge is 2.44. The van der Waals surface area contributed by atoms with E-state index < -0.39 is 8.17 Å². The van der Waals surface area contributed by atoms with E-state index in [4.69, 9.17) is 60.0 Å². The van der Waals surface area contributed by atoms with Crippen LogP contribution in [0.3, 0.4) is 0 Å². The normalized spacial score (nSPS) is 12.7. The molecule has 1 aromatic rings. The highest BCUT2D eigenvalue weighted by molar-refractivity contribution is 7.55. The third-order valence-electron chi connectivity index (χ3n) is 2.05. The van der Waals surface area contributed by atoms with E-state index in [0.717, 1.165) is 5.54 Å². The van der Waals surface area contributed by atoms with Gasteiger partial charge in [0.05, 0.1) is 34.8 Å². The third kappa shape index (κ3) is 4.35. The number of halogens is 4. The number of hydrogen-bond donors (Lipinski definition) is 1. The molecule has 0 bridgehead atoms. The molecule has 0 aliphatic carbocycles. The summed E-state index contributed by atoms with van der Waals surface area (Å²) < 4.78 is 14.7. The van der Waals surface area contributed by atoms with Crippen LogP contribution in [0.1, 0.15) is 5.56 Å². The molecule has 1 rings (SSSR count). The van der Waals surface area contributed by atoms with Crippen LogP contribution in [0.4, 0.5) is 0 Å². The van der Waals surface area contributed by atoms with Crippen LogP contribution >= 0.6 is 54.6 Å². The molecular formula is C10H10Cl4O4P+. The average molecular weight is 367 g/mol. The van der Waals surface area contributed by atoms with Crippen molar-refractivity contribution >= 4 is 60.3 Å². The van der Waals surface area contributed by atoms with Gasteiger partial charge in [-0.1, -0.05) is 46.4 Å². The SMILES string of the molecule is CO[P+](O)(OC)OC(=CCl)c1cc(Cl)c(Cl)cc1Cl. The van der Waals surface area contributed by atoms with Crippen LogP contribution in [0, 0.1) is 0 Å². The van der Waals surface area contributed by atoms with Crippen molar-refractivity contribution < 1.29 is 18.5 Å². The van der Waals surface area contributed by atoms with Gasteiger partial charge in [0.2, 0.25) is 5.76 Å². The molecule has 0 aromatic heterocycles. The number of rotatable bonds is 5. The highest BCUT2D eigenvalue weighted by Crippen LogP contribution is 2.59. The largest absolute Gasteiger partial charge is 0.618 e. The van der Waals surface area contributed by atoms with E-state index in [1.807, 2.05) is 0 Å². The molecule has 0 heterocycles. The van der Waals surface area contributed by atoms with Gasteiger partial charge in [-0.25, -0.2) is 0 Å². The Kier molecular flexibility index (Phi) is 6.64. The average Bonchev–Trinajstić information content (AvgIpc) is 2.40. The minimum atomic E-state index is -3.50. The van der Waals surface area contributed by atoms with Crippen molar-refractivity contribution in [2.75, 3.05) is 14.2 Å². The van der Waals surface area contributed by atoms with E-state index in [1.54, 1.807) is 0 Å². The predicted molar refractivity (Wildman–Crippen MR) is 79.5 cm³/mol. The number of hydrogen-bond acceptors (Lipinski definition) is 4. The Labute approximate surface area is 131 Å². The molecule has 4 nitrogen and oxygen atoms in total. The summed E-state index contributed by atoms with van der Waals surface area (Å²) in [7, 11) is -1.03. The summed E-state index contributed by atoms with van der Waals surface area (Å²) in [6, 6.07) is 2.89. The zero-order valence-electron chi connectivity index (χ0n) is 9.86. The minimum absolute atomic E-state index is 0.0461. The van der Waals surface area contributed by atoms with Crippen molar-refractivity contribution in [3.8, 4) is 0 Å². The Bertz CT molecular complexity index is 491. The first-order valence-corrected chi connectivity index (χ1v) is 7.81. The summed E-state index contributed by atoms with van der Waals surface area (Å²) in [4.78, 5) is 9.85. The van der Waals surface area contributed by atoms with E-state index in [0.29, 0.717) is 5.56 Å². The summed E-state index contributed by atoms with van der Waals surface area (Å²) in [5, 5.41) is 0.797. The Morgan fingerprint density at radius 1 is 1.11 bits per heavy atom. The van der Waals surface area contributed by atoms with Crippen molar-refractivity contribution in [2.45, 2.75) is 0 Å². The van der Waals surface area contributed by atoms with E-state index in [2.05, 4.69) is 0 Å². The summed E-state index contributed by atoms with van der Waals surface area (Å²) >= 11 is 23.4. The fourth-order valence-electron chi connectivity index (χ4n) is 1.11. The lowest BCUT2D eigenvalue weighted by Crippen LogP contribution is -2.02. The Morgan fingerprint density at radius 3 is 2.11 bits per heavy atom. The maximum Gasteiger partial charge on any atom is 0.618 e. The molecule has 1 aromatic carbocycles. The second-order valence-electron chi connectivity index (χ2n) is 3.14. The molecule has 0 saturated heterocycles. The van der Waals surface area contributed by atoms with Gasteiger partial charge in [0, 0.05) is 5.56 Å². The third-order valence-corrected chi connectivity index (χ3v) is 4.63. The molecule has 0 spiro atoms. The lowest BCUT2D eigenvalue weighted by Gasteiger charge is -2.14. The van der Waals surface area contributed by atoms with E-state index in [9.17, 15) is 4.89 Å². The molecule has 0 aliphatic heterocycles. The molecule has 1 N–H and O–H groups in total. The van der Waals surface area contributed by atoms with Gasteiger partial charge in [-0.2, -0.15) is 4.89 Å². The Morgan fingerprint density at radius 2 is 1.63 bits per heavy atom. The van der Waals surface area contributed by atoms with Crippen molar-refractivity contribution in [1.29, 1.82) is 0 Å². The van der Waals surface area contributed by atoms with E-state index >= 15 is 0 Å². The summed E-state index contributed by atoms with van der Waals surface area (Å²) in [5.41, 5.74) is 1.42. The van der Waals surface area contributed by atoms with Crippen LogP contribution in [-0.4, -0.2) is 19.1 Å². The summed E-state index contributed by atoms with van der Waals surface area (Å²) in [5.74, 6) is 0.0461. The molecule has 9 heteroatoms. The van der Waals surface area contributed by atoms with Crippen LogP contribution in [0.25, 0.3) is 5.76 Å². The quantitative estimate of drug-likeness (QED) is 0.444. The smallest absolute Gasteiger partial charge is 0.259 e. The highest BCUT2D eigenvalue weighted by atomic mass is 35.5. The van der Waals surface area contributed by atoms with Gasteiger partial charge >= 0.3 is 8.17 Å². The second kappa shape index (κ2) is 7.30. The van der Waals surface area contributed by atoms with Crippen LogP contribution in [-0.2, 0) is 13.6 Å². The minimum Gasteiger partial charge on any atom is -0.259 e. The van der Waals surface area contributed by atoms with Crippen LogP contribution < -0.4 is 0 Å². The topological polar surface area (TPSA) is 47.9 Å². The van der Waals surface area contributed by atoms with Gasteiger partial charge in [-0.05, 0) is 12.1 Å². The zero-order valence-corrected chi connectivity index (χ0v) is 13.8. The van der Waals surface area contributed by atoms with Crippen molar-refractivity contribution in [2.24, 2.45) is 0 Å². The molecule has 0 fully saturated rings. The van der Waals surface area contributed by atoms with Crippen molar-refractivity contribution in [3.63, 3.8) is 0 Å². The molecule has 0 aliphatic rings. The molecule has 19 heavy (non-hydrogen) atoms. The van der Waals surface area contributed by atoms with Gasteiger partial charge in [0.25, 0.3) is 0 Å². The molecule has 0 atom stereocenters. The van der Waals surface area contributed by atoms with Crippen molar-refractivity contribution in [3.05, 3.63) is 38.3 Å². The lowest BCUT2D eigenvalue weighted by atomic mass is 10.2. The van der Waals surface area contributed by atoms with Crippen LogP contribution in [0.2, 0.25) is 15.1 Å². The van der Waals surface area contributed by atoms with Gasteiger partial charge in [-0.15, -0.1) is 9.05 Å². The van der Waals surface area contributed by atoms with Crippen LogP contribution in [0.5, 0.6) is 0 Å². The van der Waals surface area contributed by atoms with Gasteiger partial charge in [-0.3, -0.25) is 4.52 Å². The monoisotopic (exact) mass is 365 g/mol. The molecule has 106 valence electrons. The fourth-order valence-corrected chi connectivity index (χ4v) is 2.67. The molecule has 0 radical (unpaired) electrons. The molecule has 0 unspecified atom stereocenters. The predicted octanol–water partition coefficient (Wildman–Crippen LogP) is 5.16. The first-order valence-electron chi connectivity index (χ1n) is 4.75. The van der Waals surface area contributed by atoms with Gasteiger partial charge in [0.15, 0.2) is 0 Å². The van der Waals surface area contributed by atoms with Gasteiger partial charge < -0.3 is 0 Å². The zero-order chi connectivity index (χ0) is 14.6. The summed E-state index contributed by atoms with van der Waals surface area (Å²) in [6.45, 7) is 0. The lowest BCUT2D eigenvalue weighted by molar-refractivity contribution is 0.162. The molecule has 0 amide bonds. The summed E-state index contributed by atoms with van der Waals surface area (Å²) in [6.07, 6.45) is 0. The Hall–Kier alpha value is 0.230. The van der Waals surface area contributed by atoms with Gasteiger partial charge in [0.1, 0.15) is 0 Å². The first-order chi connectivity index (χ1) is 8.86. The van der Waals surface area contributed by atoms with E-state index in [-0.39, 0.29) is 20.8 Å². The van der Waals surface area contributed by atoms with E-state index in [1.165, 1.54) is 26.4 Å². The van der Waals surface area contributed by atoms with Crippen molar-refractivity contribution in [1.82, 2.24) is 0 Å². The molecule has 0 saturated carbocycles. The van der Waals surface area contributed by atoms with Crippen LogP contribution in [0.15, 0.2) is 17.7 Å². The standard InChI is InChI=1S/C10H10Cl4O4P/c1-16-19(15,17-2)18-10(5-11)6-3-8(13)9(14)4-7(6)12/h3-5,15H,1-2H3/q+1.